The quantitative estimate of drug-likeness (QED) is 0.827. The molecule has 1 aromatic heterocycles. The molecule has 2 heterocycles. The Kier molecular flexibility index (Phi) is 2.74. The molecule has 3 rings (SSSR count). The summed E-state index contributed by atoms with van der Waals surface area (Å²) in [5.41, 5.74) is 0.581. The molecule has 0 spiro atoms. The Morgan fingerprint density at radius 3 is 2.95 bits per heavy atom. The van der Waals surface area contributed by atoms with E-state index in [1.807, 2.05) is 6.92 Å². The molecule has 5 heteroatoms. The molecular weight excluding hydrogens is 244 g/mol. The van der Waals surface area contributed by atoms with Gasteiger partial charge in [-0.25, -0.2) is 4.98 Å². The molecule has 1 aliphatic heterocycles. The number of Topliss-reactive ketones (excluding diaryl/α,β-unsaturated/α-hetero) is 1. The van der Waals surface area contributed by atoms with Crippen molar-refractivity contribution in [2.24, 2.45) is 0 Å². The van der Waals surface area contributed by atoms with E-state index in [0.29, 0.717) is 17.1 Å². The van der Waals surface area contributed by atoms with Gasteiger partial charge in [0.2, 0.25) is 0 Å². The first-order valence-electron chi connectivity index (χ1n) is 6.07. The molecule has 0 N–H and O–H groups in total. The predicted molar refractivity (Wildman–Crippen MR) is 68.7 cm³/mol. The smallest absolute Gasteiger partial charge is 0.193 e. The van der Waals surface area contributed by atoms with Crippen LogP contribution in [0.4, 0.5) is 0 Å². The third-order valence-corrected chi connectivity index (χ3v) is 3.33. The highest BCUT2D eigenvalue weighted by atomic mass is 16.5. The van der Waals surface area contributed by atoms with E-state index in [0.717, 1.165) is 0 Å². The number of rotatable bonds is 2. The van der Waals surface area contributed by atoms with Crippen molar-refractivity contribution in [3.05, 3.63) is 42.5 Å². The molecule has 0 bridgehead atoms. The molecule has 0 amide bonds. The van der Waals surface area contributed by atoms with E-state index in [2.05, 4.69) is 4.98 Å². The van der Waals surface area contributed by atoms with Crippen molar-refractivity contribution in [3.8, 4) is 11.5 Å². The number of methoxy groups -OCH3 is 1. The summed E-state index contributed by atoms with van der Waals surface area (Å²) >= 11 is 0. The second-order valence-corrected chi connectivity index (χ2v) is 4.50. The first-order valence-corrected chi connectivity index (χ1v) is 6.07. The van der Waals surface area contributed by atoms with E-state index in [1.54, 1.807) is 48.6 Å². The zero-order chi connectivity index (χ0) is 13.4. The molecule has 19 heavy (non-hydrogen) atoms. The van der Waals surface area contributed by atoms with E-state index in [4.69, 9.17) is 9.47 Å². The van der Waals surface area contributed by atoms with Gasteiger partial charge in [-0.1, -0.05) is 0 Å². The summed E-state index contributed by atoms with van der Waals surface area (Å²) in [5, 5.41) is 0. The van der Waals surface area contributed by atoms with Crippen LogP contribution in [0.1, 0.15) is 23.3 Å². The Morgan fingerprint density at radius 1 is 1.42 bits per heavy atom. The van der Waals surface area contributed by atoms with Gasteiger partial charge in [-0.2, -0.15) is 0 Å². The Hall–Kier alpha value is -2.30. The molecule has 0 saturated carbocycles. The normalized spacial score (nSPS) is 21.7. The van der Waals surface area contributed by atoms with Gasteiger partial charge in [0.05, 0.1) is 19.0 Å². The Morgan fingerprint density at radius 2 is 2.26 bits per heavy atom. The number of nitrogens with zero attached hydrogens (tertiary/aromatic N) is 2. The standard InChI is InChI=1S/C14H14N2O3/c1-9-13(16-6-5-15-8-16)14(17)11-4-3-10(18-2)7-12(11)19-9/h3-9,13H,1-2H3/t9-,13-/m1/s1. The number of fused-ring (bicyclic) bond motifs is 1. The molecular formula is C14H14N2O3. The lowest BCUT2D eigenvalue weighted by molar-refractivity contribution is 0.0717. The zero-order valence-electron chi connectivity index (χ0n) is 10.7. The molecule has 1 aliphatic rings. The molecule has 2 atom stereocenters. The number of hydrogen-bond donors (Lipinski definition) is 0. The lowest BCUT2D eigenvalue weighted by atomic mass is 9.96. The third kappa shape index (κ3) is 1.87. The fourth-order valence-electron chi connectivity index (χ4n) is 2.38. The molecule has 98 valence electrons. The van der Waals surface area contributed by atoms with Crippen molar-refractivity contribution in [2.45, 2.75) is 19.1 Å². The van der Waals surface area contributed by atoms with Crippen LogP contribution in [0.25, 0.3) is 0 Å². The van der Waals surface area contributed by atoms with Crippen molar-refractivity contribution in [3.63, 3.8) is 0 Å². The number of carbonyl (C=O) groups is 1. The molecule has 5 nitrogen and oxygen atoms in total. The molecule has 0 radical (unpaired) electrons. The van der Waals surface area contributed by atoms with Gasteiger partial charge in [0.15, 0.2) is 5.78 Å². The summed E-state index contributed by atoms with van der Waals surface area (Å²) < 4.78 is 12.8. The summed E-state index contributed by atoms with van der Waals surface area (Å²) in [6.07, 6.45) is 4.82. The number of aromatic nitrogens is 2. The summed E-state index contributed by atoms with van der Waals surface area (Å²) in [4.78, 5) is 16.5. The number of imidazole rings is 1. The molecule has 2 aromatic rings. The number of carbonyl (C=O) groups excluding carboxylic acids is 1. The van der Waals surface area contributed by atoms with Gasteiger partial charge in [-0.3, -0.25) is 4.79 Å². The maximum atomic E-state index is 12.6. The van der Waals surface area contributed by atoms with Gasteiger partial charge in [0.1, 0.15) is 23.6 Å². The van der Waals surface area contributed by atoms with Crippen LogP contribution in [0.5, 0.6) is 11.5 Å². The predicted octanol–water partition coefficient (Wildman–Crippen LogP) is 2.10. The topological polar surface area (TPSA) is 53.4 Å². The zero-order valence-corrected chi connectivity index (χ0v) is 10.7. The molecule has 0 saturated heterocycles. The molecule has 0 unspecified atom stereocenters. The minimum atomic E-state index is -0.372. The third-order valence-electron chi connectivity index (χ3n) is 3.33. The van der Waals surface area contributed by atoms with E-state index < -0.39 is 0 Å². The molecule has 0 fully saturated rings. The van der Waals surface area contributed by atoms with Crippen molar-refractivity contribution in [1.29, 1.82) is 0 Å². The minimum Gasteiger partial charge on any atom is -0.497 e. The van der Waals surface area contributed by atoms with Crippen molar-refractivity contribution in [1.82, 2.24) is 9.55 Å². The van der Waals surface area contributed by atoms with Crippen LogP contribution in [-0.2, 0) is 0 Å². The largest absolute Gasteiger partial charge is 0.497 e. The van der Waals surface area contributed by atoms with Gasteiger partial charge < -0.3 is 14.0 Å². The van der Waals surface area contributed by atoms with E-state index in [9.17, 15) is 4.79 Å². The summed E-state index contributed by atoms with van der Waals surface area (Å²) in [6, 6.07) is 4.88. The first kappa shape index (κ1) is 11.8. The van der Waals surface area contributed by atoms with Crippen LogP contribution < -0.4 is 9.47 Å². The van der Waals surface area contributed by atoms with Crippen LogP contribution in [0.15, 0.2) is 36.9 Å². The van der Waals surface area contributed by atoms with E-state index in [1.165, 1.54) is 0 Å². The first-order chi connectivity index (χ1) is 9.20. The van der Waals surface area contributed by atoms with Crippen molar-refractivity contribution in [2.75, 3.05) is 7.11 Å². The lowest BCUT2D eigenvalue weighted by Crippen LogP contribution is -2.37. The fraction of sp³-hybridized carbons (Fsp3) is 0.286. The van der Waals surface area contributed by atoms with Crippen LogP contribution in [0.2, 0.25) is 0 Å². The highest BCUT2D eigenvalue weighted by molar-refractivity contribution is 6.02. The van der Waals surface area contributed by atoms with Gasteiger partial charge in [-0.05, 0) is 19.1 Å². The second kappa shape index (κ2) is 4.42. The fourth-order valence-corrected chi connectivity index (χ4v) is 2.38. The van der Waals surface area contributed by atoms with Gasteiger partial charge in [0.25, 0.3) is 0 Å². The number of ether oxygens (including phenoxy) is 2. The van der Waals surface area contributed by atoms with Crippen molar-refractivity contribution < 1.29 is 14.3 Å². The highest BCUT2D eigenvalue weighted by Gasteiger charge is 2.35. The average molecular weight is 258 g/mol. The Labute approximate surface area is 110 Å². The van der Waals surface area contributed by atoms with E-state index >= 15 is 0 Å². The van der Waals surface area contributed by atoms with Gasteiger partial charge >= 0.3 is 0 Å². The maximum absolute atomic E-state index is 12.6. The van der Waals surface area contributed by atoms with Gasteiger partial charge in [0, 0.05) is 18.5 Å². The SMILES string of the molecule is COc1ccc2c(c1)O[C@H](C)[C@@H](n1ccnc1)C2=O. The highest BCUT2D eigenvalue weighted by Crippen LogP contribution is 2.35. The van der Waals surface area contributed by atoms with Crippen LogP contribution in [0, 0.1) is 0 Å². The number of hydrogen-bond acceptors (Lipinski definition) is 4. The van der Waals surface area contributed by atoms with Crippen molar-refractivity contribution >= 4 is 5.78 Å². The number of benzene rings is 1. The molecule has 0 aliphatic carbocycles. The molecule has 1 aromatic carbocycles. The van der Waals surface area contributed by atoms with Gasteiger partial charge in [-0.15, -0.1) is 0 Å². The van der Waals surface area contributed by atoms with Crippen LogP contribution in [-0.4, -0.2) is 28.5 Å². The number of ketones is 1. The van der Waals surface area contributed by atoms with Crippen LogP contribution >= 0.6 is 0 Å². The minimum absolute atomic E-state index is 0.0365. The summed E-state index contributed by atoms with van der Waals surface area (Å²) in [5.74, 6) is 1.29. The monoisotopic (exact) mass is 258 g/mol. The van der Waals surface area contributed by atoms with Crippen LogP contribution in [0.3, 0.4) is 0 Å². The van der Waals surface area contributed by atoms with E-state index in [-0.39, 0.29) is 17.9 Å². The Bertz CT molecular complexity index is 607. The average Bonchev–Trinajstić information content (AvgIpc) is 2.91. The lowest BCUT2D eigenvalue weighted by Gasteiger charge is -2.31. The Balaban J connectivity index is 2.03. The second-order valence-electron chi connectivity index (χ2n) is 4.50. The summed E-state index contributed by atoms with van der Waals surface area (Å²) in [6.45, 7) is 1.88. The maximum Gasteiger partial charge on any atom is 0.193 e. The summed E-state index contributed by atoms with van der Waals surface area (Å²) in [7, 11) is 1.59.